The second-order valence-corrected chi connectivity index (χ2v) is 8.04. The van der Waals surface area contributed by atoms with E-state index < -0.39 is 17.2 Å². The summed E-state index contributed by atoms with van der Waals surface area (Å²) in [6, 6.07) is 9.50. The van der Waals surface area contributed by atoms with Crippen molar-refractivity contribution in [2.45, 2.75) is 31.8 Å². The molecule has 0 bridgehead atoms. The minimum atomic E-state index is -1.20. The van der Waals surface area contributed by atoms with E-state index >= 15 is 0 Å². The molecule has 0 spiro atoms. The van der Waals surface area contributed by atoms with Crippen LogP contribution in [0.2, 0.25) is 0 Å². The third-order valence-electron chi connectivity index (χ3n) is 5.26. The van der Waals surface area contributed by atoms with E-state index in [1.54, 1.807) is 18.2 Å². The van der Waals surface area contributed by atoms with E-state index in [1.807, 2.05) is 0 Å². The Balaban J connectivity index is 0.000000187. The van der Waals surface area contributed by atoms with E-state index in [9.17, 15) is 23.1 Å². The molecule has 4 N–H and O–H groups in total. The van der Waals surface area contributed by atoms with Crippen LogP contribution in [0.15, 0.2) is 42.5 Å². The molecular weight excluding hydrogens is 409 g/mol. The number of hydrogen-bond donors (Lipinski definition) is 4. The molecule has 1 saturated carbocycles. The summed E-state index contributed by atoms with van der Waals surface area (Å²) >= 11 is 0. The molecule has 5 nitrogen and oxygen atoms in total. The van der Waals surface area contributed by atoms with Crippen LogP contribution in [0.1, 0.15) is 26.2 Å². The average Bonchev–Trinajstić information content (AvgIpc) is 3.11. The number of aromatic amines is 1. The fraction of sp³-hybridized carbons (Fsp3) is 0.348. The lowest BCUT2D eigenvalue weighted by Gasteiger charge is -2.27. The number of halogens is 3. The van der Waals surface area contributed by atoms with E-state index in [2.05, 4.69) is 10.3 Å². The van der Waals surface area contributed by atoms with Gasteiger partial charge >= 0.3 is 0 Å². The van der Waals surface area contributed by atoms with Gasteiger partial charge in [0.25, 0.3) is 0 Å². The summed E-state index contributed by atoms with van der Waals surface area (Å²) in [6.07, 6.45) is 3.02. The number of carbonyl (C=O) groups excluding carboxylic acids is 1. The number of rotatable bonds is 5. The van der Waals surface area contributed by atoms with Gasteiger partial charge in [-0.15, -0.1) is 0 Å². The number of benzene rings is 2. The lowest BCUT2D eigenvalue weighted by molar-refractivity contribution is -0.128. The number of aromatic nitrogens is 1. The monoisotopic (exact) mass is 434 g/mol. The first-order valence-electron chi connectivity index (χ1n) is 10.0. The van der Waals surface area contributed by atoms with Gasteiger partial charge in [0, 0.05) is 29.6 Å². The maximum Gasteiger partial charge on any atom is 0.223 e. The molecule has 8 heteroatoms. The van der Waals surface area contributed by atoms with Crippen molar-refractivity contribution in [3.63, 3.8) is 0 Å². The average molecular weight is 434 g/mol. The van der Waals surface area contributed by atoms with Gasteiger partial charge in [0.05, 0.1) is 12.1 Å². The van der Waals surface area contributed by atoms with Crippen LogP contribution in [-0.4, -0.2) is 39.9 Å². The van der Waals surface area contributed by atoms with Gasteiger partial charge in [-0.3, -0.25) is 4.79 Å². The lowest BCUT2D eigenvalue weighted by Crippen LogP contribution is -2.46. The molecular formula is C23H25F3N2O3. The molecule has 1 aliphatic rings. The Morgan fingerprint density at radius 2 is 1.81 bits per heavy atom. The second kappa shape index (κ2) is 9.53. The van der Waals surface area contributed by atoms with Gasteiger partial charge in [-0.05, 0) is 61.7 Å². The largest absolute Gasteiger partial charge is 0.393 e. The molecule has 0 aliphatic heterocycles. The highest BCUT2D eigenvalue weighted by atomic mass is 19.1. The Labute approximate surface area is 177 Å². The van der Waals surface area contributed by atoms with E-state index in [-0.39, 0.29) is 36.3 Å². The highest BCUT2D eigenvalue weighted by Crippen LogP contribution is 2.27. The lowest BCUT2D eigenvalue weighted by atomic mass is 9.85. The van der Waals surface area contributed by atoms with Crippen LogP contribution in [0.4, 0.5) is 13.2 Å². The summed E-state index contributed by atoms with van der Waals surface area (Å²) < 4.78 is 39.4. The Bertz CT molecular complexity index is 1040. The fourth-order valence-corrected chi connectivity index (χ4v) is 3.10. The molecule has 2 aromatic carbocycles. The topological polar surface area (TPSA) is 85.3 Å². The zero-order valence-corrected chi connectivity index (χ0v) is 17.1. The highest BCUT2D eigenvalue weighted by Gasteiger charge is 2.27. The Morgan fingerprint density at radius 3 is 2.39 bits per heavy atom. The van der Waals surface area contributed by atoms with Crippen molar-refractivity contribution in [2.75, 3.05) is 13.2 Å². The molecule has 166 valence electrons. The number of aliphatic hydroxyl groups excluding tert-OH is 1. The van der Waals surface area contributed by atoms with E-state index in [0.717, 1.165) is 25.3 Å². The van der Waals surface area contributed by atoms with E-state index in [1.165, 1.54) is 25.1 Å². The van der Waals surface area contributed by atoms with Crippen LogP contribution in [0.3, 0.4) is 0 Å². The smallest absolute Gasteiger partial charge is 0.223 e. The summed E-state index contributed by atoms with van der Waals surface area (Å²) in [6.45, 7) is 1.28. The normalized spacial score (nSPS) is 15.5. The minimum absolute atomic E-state index is 0.0000231. The number of fused-ring (bicyclic) bond motifs is 1. The maximum atomic E-state index is 13.5. The van der Waals surface area contributed by atoms with Crippen molar-refractivity contribution < 1.29 is 28.2 Å². The van der Waals surface area contributed by atoms with Crippen LogP contribution in [-0.2, 0) is 4.79 Å². The number of amides is 1. The summed E-state index contributed by atoms with van der Waals surface area (Å²) in [4.78, 5) is 14.1. The fourth-order valence-electron chi connectivity index (χ4n) is 3.10. The highest BCUT2D eigenvalue weighted by molar-refractivity contribution is 5.86. The first kappa shape index (κ1) is 22.8. The van der Waals surface area contributed by atoms with Crippen LogP contribution in [0.25, 0.3) is 22.2 Å². The third-order valence-corrected chi connectivity index (χ3v) is 5.26. The van der Waals surface area contributed by atoms with Gasteiger partial charge in [-0.1, -0.05) is 6.42 Å². The molecule has 0 radical (unpaired) electrons. The van der Waals surface area contributed by atoms with E-state index in [0.29, 0.717) is 16.6 Å². The SMILES string of the molecule is CC(O)(CO)CNC(=O)C1CCC1.Fc1ccc(-c2cc3cc(F)cc(F)c3[nH]2)cc1. The van der Waals surface area contributed by atoms with E-state index in [4.69, 9.17) is 5.11 Å². The zero-order valence-electron chi connectivity index (χ0n) is 17.1. The predicted octanol–water partition coefficient (Wildman–Crippen LogP) is 3.90. The van der Waals surface area contributed by atoms with Crippen LogP contribution >= 0.6 is 0 Å². The molecule has 4 rings (SSSR count). The van der Waals surface area contributed by atoms with Gasteiger partial charge in [0.15, 0.2) is 0 Å². The quantitative estimate of drug-likeness (QED) is 0.491. The molecule has 1 atom stereocenters. The van der Waals surface area contributed by atoms with Crippen LogP contribution in [0, 0.1) is 23.4 Å². The number of carbonyl (C=O) groups is 1. The molecule has 1 heterocycles. The number of aliphatic hydroxyl groups is 2. The molecule has 1 unspecified atom stereocenters. The molecule has 1 amide bonds. The molecule has 1 aromatic heterocycles. The van der Waals surface area contributed by atoms with Crippen molar-refractivity contribution in [3.05, 3.63) is 59.9 Å². The number of hydrogen-bond acceptors (Lipinski definition) is 3. The minimum Gasteiger partial charge on any atom is -0.393 e. The first-order valence-corrected chi connectivity index (χ1v) is 10.0. The molecule has 1 aliphatic carbocycles. The maximum absolute atomic E-state index is 13.5. The van der Waals surface area contributed by atoms with Crippen molar-refractivity contribution >= 4 is 16.8 Å². The van der Waals surface area contributed by atoms with Crippen molar-refractivity contribution in [1.82, 2.24) is 10.3 Å². The van der Waals surface area contributed by atoms with Crippen molar-refractivity contribution in [2.24, 2.45) is 5.92 Å². The number of H-pyrrole nitrogens is 1. The van der Waals surface area contributed by atoms with Gasteiger partial charge in [-0.2, -0.15) is 0 Å². The summed E-state index contributed by atoms with van der Waals surface area (Å²) in [5.41, 5.74) is 0.386. The molecule has 31 heavy (non-hydrogen) atoms. The zero-order chi connectivity index (χ0) is 22.6. The number of nitrogens with one attached hydrogen (secondary N) is 2. The first-order chi connectivity index (χ1) is 14.7. The van der Waals surface area contributed by atoms with Gasteiger partial charge < -0.3 is 20.5 Å². The summed E-state index contributed by atoms with van der Waals surface area (Å²) in [5.74, 6) is -1.47. The molecule has 3 aromatic rings. The summed E-state index contributed by atoms with van der Waals surface area (Å²) in [5, 5.41) is 21.2. The van der Waals surface area contributed by atoms with Gasteiger partial charge in [-0.25, -0.2) is 13.2 Å². The van der Waals surface area contributed by atoms with Crippen LogP contribution < -0.4 is 5.32 Å². The second-order valence-electron chi connectivity index (χ2n) is 8.04. The molecule has 1 fully saturated rings. The standard InChI is InChI=1S/C14H8F3N.C9H17NO3/c15-10-3-1-8(2-4-10)13-6-9-5-11(16)7-12(17)14(9)18-13;1-9(13,6-11)5-10-8(12)7-3-2-4-7/h1-7,18H;7,11,13H,2-6H2,1H3,(H,10,12). The van der Waals surface area contributed by atoms with Crippen LogP contribution in [0.5, 0.6) is 0 Å². The summed E-state index contributed by atoms with van der Waals surface area (Å²) in [7, 11) is 0. The van der Waals surface area contributed by atoms with Crippen molar-refractivity contribution in [1.29, 1.82) is 0 Å². The van der Waals surface area contributed by atoms with Gasteiger partial charge in [0.2, 0.25) is 5.91 Å². The van der Waals surface area contributed by atoms with Crippen molar-refractivity contribution in [3.8, 4) is 11.3 Å². The Kier molecular flexibility index (Phi) is 7.02. The Morgan fingerprint density at radius 1 is 1.13 bits per heavy atom. The predicted molar refractivity (Wildman–Crippen MR) is 112 cm³/mol. The Hall–Kier alpha value is -2.84. The van der Waals surface area contributed by atoms with Gasteiger partial charge in [0.1, 0.15) is 23.1 Å². The third kappa shape index (κ3) is 5.86. The molecule has 0 saturated heterocycles.